The molecule has 2 N–H and O–H groups in total. The number of alkyl halides is 1. The Kier molecular flexibility index (Phi) is 1.65. The minimum atomic E-state index is -0.672. The van der Waals surface area contributed by atoms with E-state index in [1.165, 1.54) is 0 Å². The van der Waals surface area contributed by atoms with Crippen molar-refractivity contribution in [3.63, 3.8) is 0 Å². The highest BCUT2D eigenvalue weighted by Crippen LogP contribution is 2.46. The Morgan fingerprint density at radius 3 is 3.09 bits per heavy atom. The molecule has 11 heavy (non-hydrogen) atoms. The van der Waals surface area contributed by atoms with E-state index in [1.54, 1.807) is 0 Å². The maximum Gasteiger partial charge on any atom is 0.101 e. The molecule has 2 aliphatic rings. The largest absolute Gasteiger partial charge is 0.396 e. The van der Waals surface area contributed by atoms with Crippen molar-refractivity contribution in [1.29, 1.82) is 0 Å². The second kappa shape index (κ2) is 2.42. The van der Waals surface area contributed by atoms with Gasteiger partial charge >= 0.3 is 0 Å². The van der Waals surface area contributed by atoms with Crippen LogP contribution in [0.3, 0.4) is 0 Å². The summed E-state index contributed by atoms with van der Waals surface area (Å²) in [5, 5.41) is 12.3. The van der Waals surface area contributed by atoms with Gasteiger partial charge in [-0.05, 0) is 25.3 Å². The second-order valence-electron chi connectivity index (χ2n) is 3.89. The van der Waals surface area contributed by atoms with Gasteiger partial charge in [0.15, 0.2) is 0 Å². The van der Waals surface area contributed by atoms with Gasteiger partial charge in [0.25, 0.3) is 0 Å². The van der Waals surface area contributed by atoms with E-state index in [2.05, 4.69) is 5.32 Å². The van der Waals surface area contributed by atoms with E-state index in [0.29, 0.717) is 18.8 Å². The van der Waals surface area contributed by atoms with Gasteiger partial charge in [0, 0.05) is 12.0 Å². The fourth-order valence-corrected chi connectivity index (χ4v) is 2.51. The van der Waals surface area contributed by atoms with Gasteiger partial charge in [-0.25, -0.2) is 4.39 Å². The number of aliphatic hydroxyl groups excluding tert-OH is 1. The molecule has 2 rings (SSSR count). The van der Waals surface area contributed by atoms with Gasteiger partial charge in [-0.2, -0.15) is 0 Å². The first kappa shape index (κ1) is 7.50. The summed E-state index contributed by atoms with van der Waals surface area (Å²) in [6, 6.07) is 0. The summed E-state index contributed by atoms with van der Waals surface area (Å²) in [6.07, 6.45) is 0.531. The Bertz CT molecular complexity index is 164. The third-order valence-electron chi connectivity index (χ3n) is 3.22. The zero-order chi connectivity index (χ0) is 7.90. The van der Waals surface area contributed by atoms with E-state index in [-0.39, 0.29) is 12.0 Å². The molecule has 3 atom stereocenters. The third-order valence-corrected chi connectivity index (χ3v) is 3.22. The molecule has 1 saturated carbocycles. The number of rotatable bonds is 1. The van der Waals surface area contributed by atoms with Crippen molar-refractivity contribution in [3.8, 4) is 0 Å². The van der Waals surface area contributed by atoms with Crippen molar-refractivity contribution in [3.05, 3.63) is 0 Å². The summed E-state index contributed by atoms with van der Waals surface area (Å²) in [5.41, 5.74) is -0.112. The second-order valence-corrected chi connectivity index (χ2v) is 3.89. The van der Waals surface area contributed by atoms with Crippen LogP contribution in [-0.2, 0) is 0 Å². The third kappa shape index (κ3) is 0.983. The molecule has 1 aliphatic heterocycles. The SMILES string of the molecule is OCC12CNCC1CC(F)C2. The smallest absolute Gasteiger partial charge is 0.101 e. The lowest BCUT2D eigenvalue weighted by molar-refractivity contribution is 0.115. The van der Waals surface area contributed by atoms with Gasteiger partial charge in [-0.1, -0.05) is 0 Å². The molecular formula is C8H14FNO. The number of hydrogen-bond acceptors (Lipinski definition) is 2. The molecule has 1 saturated heterocycles. The molecule has 2 fully saturated rings. The Balaban J connectivity index is 2.15. The Morgan fingerprint density at radius 2 is 2.45 bits per heavy atom. The maximum atomic E-state index is 12.9. The van der Waals surface area contributed by atoms with Crippen LogP contribution in [0.4, 0.5) is 4.39 Å². The van der Waals surface area contributed by atoms with E-state index in [1.807, 2.05) is 0 Å². The van der Waals surface area contributed by atoms with Gasteiger partial charge in [0.05, 0.1) is 6.61 Å². The van der Waals surface area contributed by atoms with Gasteiger partial charge < -0.3 is 10.4 Å². The highest BCUT2D eigenvalue weighted by Gasteiger charge is 2.49. The Labute approximate surface area is 65.8 Å². The van der Waals surface area contributed by atoms with Crippen LogP contribution in [0.1, 0.15) is 12.8 Å². The monoisotopic (exact) mass is 159 g/mol. The van der Waals surface area contributed by atoms with Gasteiger partial charge in [0.2, 0.25) is 0 Å². The molecule has 3 unspecified atom stereocenters. The van der Waals surface area contributed by atoms with Crippen LogP contribution >= 0.6 is 0 Å². The number of hydrogen-bond donors (Lipinski definition) is 2. The lowest BCUT2D eigenvalue weighted by atomic mass is 9.82. The number of fused-ring (bicyclic) bond motifs is 1. The molecular weight excluding hydrogens is 145 g/mol. The molecule has 0 spiro atoms. The lowest BCUT2D eigenvalue weighted by Crippen LogP contribution is -2.30. The molecule has 0 radical (unpaired) electrons. The minimum absolute atomic E-state index is 0.112. The molecule has 0 aromatic carbocycles. The first-order valence-corrected chi connectivity index (χ1v) is 4.22. The van der Waals surface area contributed by atoms with E-state index in [0.717, 1.165) is 13.1 Å². The number of aliphatic hydroxyl groups is 1. The molecule has 1 heterocycles. The molecule has 0 aromatic rings. The quantitative estimate of drug-likeness (QED) is 0.577. The summed E-state index contributed by atoms with van der Waals surface area (Å²) in [7, 11) is 0. The van der Waals surface area contributed by atoms with Crippen LogP contribution in [0.5, 0.6) is 0 Å². The summed E-state index contributed by atoms with van der Waals surface area (Å²) in [6.45, 7) is 1.83. The number of nitrogens with one attached hydrogen (secondary N) is 1. The van der Waals surface area contributed by atoms with Crippen LogP contribution < -0.4 is 5.32 Å². The molecule has 2 nitrogen and oxygen atoms in total. The highest BCUT2D eigenvalue weighted by molar-refractivity contribution is 5.01. The predicted molar refractivity (Wildman–Crippen MR) is 40.0 cm³/mol. The number of halogens is 1. The van der Waals surface area contributed by atoms with Gasteiger partial charge in [0.1, 0.15) is 6.17 Å². The van der Waals surface area contributed by atoms with Crippen molar-refractivity contribution < 1.29 is 9.50 Å². The van der Waals surface area contributed by atoms with Gasteiger partial charge in [-0.3, -0.25) is 0 Å². The summed E-state index contributed by atoms with van der Waals surface area (Å²) in [4.78, 5) is 0. The lowest BCUT2D eigenvalue weighted by Gasteiger charge is -2.24. The zero-order valence-corrected chi connectivity index (χ0v) is 6.52. The molecule has 0 aromatic heterocycles. The summed E-state index contributed by atoms with van der Waals surface area (Å²) < 4.78 is 12.9. The predicted octanol–water partition coefficient (Wildman–Crippen LogP) is 0.316. The van der Waals surface area contributed by atoms with Crippen molar-refractivity contribution in [2.75, 3.05) is 19.7 Å². The van der Waals surface area contributed by atoms with Crippen LogP contribution in [0.25, 0.3) is 0 Å². The fourth-order valence-electron chi connectivity index (χ4n) is 2.51. The average molecular weight is 159 g/mol. The zero-order valence-electron chi connectivity index (χ0n) is 6.52. The van der Waals surface area contributed by atoms with Gasteiger partial charge in [-0.15, -0.1) is 0 Å². The molecule has 1 aliphatic carbocycles. The molecule has 3 heteroatoms. The van der Waals surface area contributed by atoms with Crippen molar-refractivity contribution in [1.82, 2.24) is 5.32 Å². The van der Waals surface area contributed by atoms with Crippen molar-refractivity contribution in [2.24, 2.45) is 11.3 Å². The van der Waals surface area contributed by atoms with Crippen molar-refractivity contribution in [2.45, 2.75) is 19.0 Å². The Hall–Kier alpha value is -0.150. The van der Waals surface area contributed by atoms with Crippen LogP contribution in [0.2, 0.25) is 0 Å². The van der Waals surface area contributed by atoms with E-state index in [4.69, 9.17) is 5.11 Å². The van der Waals surface area contributed by atoms with Crippen molar-refractivity contribution >= 4 is 0 Å². The average Bonchev–Trinajstić information content (AvgIpc) is 2.43. The highest BCUT2D eigenvalue weighted by atomic mass is 19.1. The molecule has 0 amide bonds. The van der Waals surface area contributed by atoms with E-state index >= 15 is 0 Å². The van der Waals surface area contributed by atoms with Crippen LogP contribution in [-0.4, -0.2) is 31.0 Å². The fraction of sp³-hybridized carbons (Fsp3) is 1.00. The van der Waals surface area contributed by atoms with Crippen LogP contribution in [0.15, 0.2) is 0 Å². The standard InChI is InChI=1S/C8H14FNO/c9-7-1-6-3-10-4-8(6,2-7)5-11/h6-7,10-11H,1-5H2. The maximum absolute atomic E-state index is 12.9. The first-order valence-electron chi connectivity index (χ1n) is 4.22. The molecule has 0 bridgehead atoms. The summed E-state index contributed by atoms with van der Waals surface area (Å²) in [5.74, 6) is 0.377. The Morgan fingerprint density at radius 1 is 1.64 bits per heavy atom. The van der Waals surface area contributed by atoms with E-state index < -0.39 is 6.17 Å². The first-order chi connectivity index (χ1) is 5.27. The van der Waals surface area contributed by atoms with E-state index in [9.17, 15) is 4.39 Å². The normalized spacial score (nSPS) is 49.6. The molecule has 64 valence electrons. The topological polar surface area (TPSA) is 32.3 Å². The van der Waals surface area contributed by atoms with Crippen LogP contribution in [0, 0.1) is 11.3 Å². The summed E-state index contributed by atoms with van der Waals surface area (Å²) >= 11 is 0. The minimum Gasteiger partial charge on any atom is -0.396 e.